The van der Waals surface area contributed by atoms with Crippen LogP contribution in [-0.2, 0) is 19.1 Å². The van der Waals surface area contributed by atoms with Gasteiger partial charge in [-0.25, -0.2) is 14.6 Å². The van der Waals surface area contributed by atoms with Crippen LogP contribution in [-0.4, -0.2) is 50.5 Å². The summed E-state index contributed by atoms with van der Waals surface area (Å²) in [5, 5.41) is 0. The molecule has 0 saturated carbocycles. The number of carbonyl (C=O) groups excluding carboxylic acids is 2. The number of halogens is 2. The zero-order valence-corrected chi connectivity index (χ0v) is 28.6. The molecule has 2 heterocycles. The molecule has 0 spiro atoms. The highest BCUT2D eigenvalue weighted by Crippen LogP contribution is 2.36. The Morgan fingerprint density at radius 3 is 2.50 bits per heavy atom. The third-order valence-corrected chi connectivity index (χ3v) is 8.61. The van der Waals surface area contributed by atoms with Crippen LogP contribution in [0.25, 0.3) is 6.08 Å². The molecule has 3 aromatic rings. The molecule has 2 aromatic carbocycles. The Labute approximate surface area is 273 Å². The Balaban J connectivity index is 1.94. The zero-order chi connectivity index (χ0) is 30.6. The van der Waals surface area contributed by atoms with Crippen LogP contribution in [0.5, 0.6) is 17.2 Å². The minimum absolute atomic E-state index is 0.155. The van der Waals surface area contributed by atoms with Crippen LogP contribution in [0.2, 0.25) is 0 Å². The van der Waals surface area contributed by atoms with Gasteiger partial charge in [0.2, 0.25) is 0 Å². The van der Waals surface area contributed by atoms with E-state index in [1.165, 1.54) is 23.0 Å². The van der Waals surface area contributed by atoms with Crippen LogP contribution in [0.15, 0.2) is 51.4 Å². The molecule has 1 aromatic heterocycles. The first-order valence-electron chi connectivity index (χ1n) is 12.8. The number of rotatable bonds is 10. The molecule has 0 saturated heterocycles. The van der Waals surface area contributed by atoms with Gasteiger partial charge in [0.1, 0.15) is 5.75 Å². The minimum atomic E-state index is -0.853. The molecule has 13 heteroatoms. The number of methoxy groups -OCH3 is 2. The van der Waals surface area contributed by atoms with Crippen molar-refractivity contribution in [3.05, 3.63) is 79.6 Å². The minimum Gasteiger partial charge on any atom is -0.495 e. The number of ether oxygens (including phenoxy) is 5. The number of esters is 2. The van der Waals surface area contributed by atoms with Gasteiger partial charge in [-0.3, -0.25) is 9.36 Å². The van der Waals surface area contributed by atoms with E-state index in [0.29, 0.717) is 44.4 Å². The molecule has 0 fully saturated rings. The van der Waals surface area contributed by atoms with Gasteiger partial charge < -0.3 is 23.7 Å². The van der Waals surface area contributed by atoms with Crippen molar-refractivity contribution in [2.24, 2.45) is 4.99 Å². The Hall–Kier alpha value is -2.92. The molecule has 0 bridgehead atoms. The lowest BCUT2D eigenvalue weighted by atomic mass is 9.95. The molecule has 0 aliphatic carbocycles. The second kappa shape index (κ2) is 14.0. The number of hydrogen-bond donors (Lipinski definition) is 0. The highest BCUT2D eigenvalue weighted by atomic mass is 127. The maximum Gasteiger partial charge on any atom is 0.343 e. The molecule has 0 N–H and O–H groups in total. The number of benzene rings is 2. The van der Waals surface area contributed by atoms with Crippen LogP contribution >= 0.6 is 56.5 Å². The van der Waals surface area contributed by atoms with Crippen molar-refractivity contribution in [3.8, 4) is 17.2 Å². The van der Waals surface area contributed by atoms with Gasteiger partial charge in [-0.15, -0.1) is 0 Å². The number of aromatic nitrogens is 1. The van der Waals surface area contributed by atoms with E-state index >= 15 is 0 Å². The van der Waals surface area contributed by atoms with Crippen molar-refractivity contribution in [1.29, 1.82) is 0 Å². The quantitative estimate of drug-likeness (QED) is 0.223. The van der Waals surface area contributed by atoms with Gasteiger partial charge in [0.25, 0.3) is 5.56 Å². The molecule has 1 atom stereocenters. The fraction of sp³-hybridized carbons (Fsp3) is 0.310. The number of fused-ring (bicyclic) bond motifs is 1. The average Bonchev–Trinajstić information content (AvgIpc) is 3.25. The van der Waals surface area contributed by atoms with Gasteiger partial charge in [0, 0.05) is 9.13 Å². The molecule has 0 unspecified atom stereocenters. The van der Waals surface area contributed by atoms with Gasteiger partial charge >= 0.3 is 11.9 Å². The van der Waals surface area contributed by atoms with E-state index in [1.807, 2.05) is 19.1 Å². The summed E-state index contributed by atoms with van der Waals surface area (Å²) < 4.78 is 31.0. The van der Waals surface area contributed by atoms with E-state index in [-0.39, 0.29) is 24.3 Å². The van der Waals surface area contributed by atoms with Crippen molar-refractivity contribution in [1.82, 2.24) is 4.57 Å². The van der Waals surface area contributed by atoms with Crippen molar-refractivity contribution in [2.75, 3.05) is 34.0 Å². The van der Waals surface area contributed by atoms with Crippen LogP contribution in [0.4, 0.5) is 0 Å². The second-order valence-electron chi connectivity index (χ2n) is 8.82. The molecule has 0 amide bonds. The monoisotopic (exact) mass is 818 g/mol. The third-order valence-electron chi connectivity index (χ3n) is 6.20. The molecular formula is C29H28I2N2O8S. The first-order chi connectivity index (χ1) is 20.1. The molecule has 0 radical (unpaired) electrons. The molecular weight excluding hydrogens is 790 g/mol. The molecule has 42 heavy (non-hydrogen) atoms. The van der Waals surface area contributed by atoms with Crippen LogP contribution in [0, 0.1) is 7.14 Å². The van der Waals surface area contributed by atoms with Crippen molar-refractivity contribution < 1.29 is 33.3 Å². The van der Waals surface area contributed by atoms with Gasteiger partial charge in [-0.1, -0.05) is 17.4 Å². The molecule has 1 aliphatic rings. The summed E-state index contributed by atoms with van der Waals surface area (Å²) in [6.07, 6.45) is 1.78. The lowest BCUT2D eigenvalue weighted by Crippen LogP contribution is -2.40. The Kier molecular flexibility index (Phi) is 10.7. The van der Waals surface area contributed by atoms with Crippen LogP contribution in [0.1, 0.15) is 37.9 Å². The lowest BCUT2D eigenvalue weighted by Gasteiger charge is -2.25. The summed E-state index contributed by atoms with van der Waals surface area (Å²) >= 11 is 5.65. The maximum atomic E-state index is 14.0. The van der Waals surface area contributed by atoms with E-state index in [9.17, 15) is 14.4 Å². The highest BCUT2D eigenvalue weighted by molar-refractivity contribution is 14.1. The SMILES string of the molecule is CCOC(=O)C1=C(C)N=c2s/c(=C/c3cc(I)cc(I)c3OC)c(=O)n2[C@@H]1c1ccc(OCC(=O)OC)c(OCC)c1. The number of hydrogen-bond acceptors (Lipinski definition) is 10. The summed E-state index contributed by atoms with van der Waals surface area (Å²) in [4.78, 5) is 44.1. The predicted octanol–water partition coefficient (Wildman–Crippen LogP) is 3.97. The number of nitrogens with zero attached hydrogens (tertiary/aromatic N) is 2. The van der Waals surface area contributed by atoms with E-state index in [0.717, 1.165) is 12.7 Å². The summed E-state index contributed by atoms with van der Waals surface area (Å²) in [6.45, 7) is 5.42. The lowest BCUT2D eigenvalue weighted by molar-refractivity contribution is -0.143. The van der Waals surface area contributed by atoms with Crippen molar-refractivity contribution in [3.63, 3.8) is 0 Å². The smallest absolute Gasteiger partial charge is 0.343 e. The fourth-order valence-corrected chi connectivity index (χ4v) is 7.58. The maximum absolute atomic E-state index is 14.0. The normalized spacial score (nSPS) is 14.6. The number of thiazole rings is 1. The zero-order valence-electron chi connectivity index (χ0n) is 23.5. The van der Waals surface area contributed by atoms with Gasteiger partial charge in [0.05, 0.1) is 52.8 Å². The van der Waals surface area contributed by atoms with Crippen LogP contribution < -0.4 is 29.1 Å². The highest BCUT2D eigenvalue weighted by Gasteiger charge is 2.34. The molecule has 1 aliphatic heterocycles. The topological polar surface area (TPSA) is 115 Å². The second-order valence-corrected chi connectivity index (χ2v) is 12.2. The summed E-state index contributed by atoms with van der Waals surface area (Å²) in [5.74, 6) is 0.201. The molecule has 222 valence electrons. The van der Waals surface area contributed by atoms with Crippen LogP contribution in [0.3, 0.4) is 0 Å². The standard InChI is InChI=1S/C29H28I2N2O8S/c1-6-39-21-11-16(8-9-20(21)41-14-23(34)37-4)25-24(28(36)40-7-2)15(3)32-29-33(25)27(35)22(42-29)12-17-10-18(30)13-19(31)26(17)38-5/h8-13,25H,6-7,14H2,1-5H3/b22-12+/t25-/m1/s1. The Morgan fingerprint density at radius 2 is 1.83 bits per heavy atom. The van der Waals surface area contributed by atoms with Gasteiger partial charge in [-0.05, 0) is 102 Å². The number of carbonyl (C=O) groups is 2. The Morgan fingerprint density at radius 1 is 1.07 bits per heavy atom. The van der Waals surface area contributed by atoms with Crippen molar-refractivity contribution >= 4 is 74.5 Å². The number of allylic oxidation sites excluding steroid dienone is 1. The van der Waals surface area contributed by atoms with E-state index in [4.69, 9.17) is 18.9 Å². The fourth-order valence-electron chi connectivity index (χ4n) is 4.43. The molecule has 10 nitrogen and oxygen atoms in total. The first-order valence-corrected chi connectivity index (χ1v) is 15.8. The largest absolute Gasteiger partial charge is 0.495 e. The Bertz CT molecular complexity index is 1740. The summed E-state index contributed by atoms with van der Waals surface area (Å²) in [6, 6.07) is 8.13. The van der Waals surface area contributed by atoms with E-state index in [1.54, 1.807) is 45.2 Å². The van der Waals surface area contributed by atoms with Crippen molar-refractivity contribution in [2.45, 2.75) is 26.8 Å². The summed E-state index contributed by atoms with van der Waals surface area (Å²) in [5.41, 5.74) is 1.69. The first kappa shape index (κ1) is 32.0. The van der Waals surface area contributed by atoms with Gasteiger partial charge in [0.15, 0.2) is 22.9 Å². The third kappa shape index (κ3) is 6.67. The van der Waals surface area contributed by atoms with E-state index in [2.05, 4.69) is 54.9 Å². The summed E-state index contributed by atoms with van der Waals surface area (Å²) in [7, 11) is 2.86. The molecule has 4 rings (SSSR count). The average molecular weight is 818 g/mol. The van der Waals surface area contributed by atoms with E-state index < -0.39 is 18.0 Å². The predicted molar refractivity (Wildman–Crippen MR) is 174 cm³/mol. The van der Waals surface area contributed by atoms with Gasteiger partial charge in [-0.2, -0.15) is 0 Å².